The van der Waals surface area contributed by atoms with Crippen LogP contribution in [0, 0.1) is 10.1 Å². The molecule has 140 valence electrons. The Morgan fingerprint density at radius 3 is 2.56 bits per heavy atom. The monoisotopic (exact) mass is 387 g/mol. The Bertz CT molecular complexity index is 989. The summed E-state index contributed by atoms with van der Waals surface area (Å²) in [4.78, 5) is 32.4. The molecule has 2 aromatic heterocycles. The third kappa shape index (κ3) is 3.08. The maximum absolute atomic E-state index is 12.7. The molecule has 1 aliphatic heterocycles. The molecule has 4 rings (SSSR count). The smallest absolute Gasteiger partial charge is 0.373 e. The molecular weight excluding hydrogens is 370 g/mol. The van der Waals surface area contributed by atoms with Crippen LogP contribution in [0.3, 0.4) is 0 Å². The summed E-state index contributed by atoms with van der Waals surface area (Å²) in [5.74, 6) is 0.977. The van der Waals surface area contributed by atoms with Gasteiger partial charge in [-0.05, 0) is 29.2 Å². The summed E-state index contributed by atoms with van der Waals surface area (Å²) in [6.07, 6.45) is 1.65. The number of carbonyl (C=O) groups is 1. The molecule has 0 aliphatic carbocycles. The quantitative estimate of drug-likeness (QED) is 0.504. The molecule has 0 saturated carbocycles. The standard InChI is InChI=1S/C17H17N5O4S/c1-26-13-4-2-12(3-5-13)16(23)20-8-6-19(7-9-20)14-15(22(24)25)21-10-11-27-17(21)18-14/h2-5,10-11H,6-9H2,1H3. The lowest BCUT2D eigenvalue weighted by Gasteiger charge is -2.34. The van der Waals surface area contributed by atoms with Gasteiger partial charge in [-0.25, -0.2) is 0 Å². The first kappa shape index (κ1) is 17.3. The number of amides is 1. The molecule has 1 amide bonds. The van der Waals surface area contributed by atoms with Crippen molar-refractivity contribution >= 4 is 33.8 Å². The van der Waals surface area contributed by atoms with Crippen molar-refractivity contribution in [1.29, 1.82) is 0 Å². The molecule has 1 fully saturated rings. The molecule has 1 aliphatic rings. The Morgan fingerprint density at radius 2 is 1.93 bits per heavy atom. The zero-order chi connectivity index (χ0) is 19.0. The minimum atomic E-state index is -0.406. The van der Waals surface area contributed by atoms with E-state index in [-0.39, 0.29) is 11.7 Å². The number of hydrogen-bond acceptors (Lipinski definition) is 7. The number of methoxy groups -OCH3 is 1. The number of aromatic nitrogens is 2. The van der Waals surface area contributed by atoms with Crippen LogP contribution >= 0.6 is 11.3 Å². The van der Waals surface area contributed by atoms with E-state index in [0.29, 0.717) is 48.3 Å². The minimum absolute atomic E-state index is 0.0267. The predicted molar refractivity (Wildman–Crippen MR) is 101 cm³/mol. The van der Waals surface area contributed by atoms with Crippen LogP contribution in [0.2, 0.25) is 0 Å². The van der Waals surface area contributed by atoms with Crippen LogP contribution < -0.4 is 9.64 Å². The largest absolute Gasteiger partial charge is 0.497 e. The fourth-order valence-corrected chi connectivity index (χ4v) is 3.89. The van der Waals surface area contributed by atoms with Gasteiger partial charge in [0, 0.05) is 37.1 Å². The summed E-state index contributed by atoms with van der Waals surface area (Å²) in [5, 5.41) is 13.3. The van der Waals surface area contributed by atoms with Gasteiger partial charge in [-0.3, -0.25) is 4.79 Å². The van der Waals surface area contributed by atoms with Crippen LogP contribution in [0.25, 0.3) is 4.96 Å². The van der Waals surface area contributed by atoms with E-state index in [9.17, 15) is 14.9 Å². The molecule has 9 nitrogen and oxygen atoms in total. The van der Waals surface area contributed by atoms with Crippen molar-refractivity contribution in [3.63, 3.8) is 0 Å². The Kier molecular flexibility index (Phi) is 4.40. The van der Waals surface area contributed by atoms with Crippen molar-refractivity contribution in [3.05, 3.63) is 51.5 Å². The Balaban J connectivity index is 1.49. The number of fused-ring (bicyclic) bond motifs is 1. The fraction of sp³-hybridized carbons (Fsp3) is 0.294. The van der Waals surface area contributed by atoms with Crippen molar-refractivity contribution < 1.29 is 14.5 Å². The molecule has 0 bridgehead atoms. The van der Waals surface area contributed by atoms with E-state index in [1.54, 1.807) is 47.9 Å². The van der Waals surface area contributed by atoms with E-state index in [1.807, 2.05) is 4.90 Å². The maximum Gasteiger partial charge on any atom is 0.373 e. The average molecular weight is 387 g/mol. The number of nitro groups is 1. The summed E-state index contributed by atoms with van der Waals surface area (Å²) in [6, 6.07) is 6.99. The summed E-state index contributed by atoms with van der Waals surface area (Å²) < 4.78 is 6.61. The van der Waals surface area contributed by atoms with E-state index >= 15 is 0 Å². The first-order valence-corrected chi connectivity index (χ1v) is 9.24. The van der Waals surface area contributed by atoms with Crippen LogP contribution in [0.5, 0.6) is 5.75 Å². The number of carbonyl (C=O) groups excluding carboxylic acids is 1. The number of nitrogens with zero attached hydrogens (tertiary/aromatic N) is 5. The Morgan fingerprint density at radius 1 is 1.22 bits per heavy atom. The highest BCUT2D eigenvalue weighted by molar-refractivity contribution is 7.15. The van der Waals surface area contributed by atoms with Gasteiger partial charge < -0.3 is 24.7 Å². The number of thiazole rings is 1. The number of anilines is 1. The zero-order valence-corrected chi connectivity index (χ0v) is 15.4. The van der Waals surface area contributed by atoms with Crippen molar-refractivity contribution in [3.8, 4) is 5.75 Å². The van der Waals surface area contributed by atoms with Gasteiger partial charge in [0.25, 0.3) is 10.9 Å². The summed E-state index contributed by atoms with van der Waals surface area (Å²) in [7, 11) is 1.58. The van der Waals surface area contributed by atoms with Gasteiger partial charge in [0.15, 0.2) is 0 Å². The molecule has 1 saturated heterocycles. The van der Waals surface area contributed by atoms with Gasteiger partial charge in [0.05, 0.1) is 7.11 Å². The zero-order valence-electron chi connectivity index (χ0n) is 14.6. The lowest BCUT2D eigenvalue weighted by Crippen LogP contribution is -2.49. The third-order valence-electron chi connectivity index (χ3n) is 4.60. The molecule has 27 heavy (non-hydrogen) atoms. The number of hydrogen-bond donors (Lipinski definition) is 0. The van der Waals surface area contributed by atoms with Crippen molar-refractivity contribution in [2.45, 2.75) is 0 Å². The number of imidazole rings is 1. The Labute approximate surface area is 158 Å². The molecule has 0 radical (unpaired) electrons. The summed E-state index contributed by atoms with van der Waals surface area (Å²) >= 11 is 1.36. The topological polar surface area (TPSA) is 93.2 Å². The second kappa shape index (κ2) is 6.88. The van der Waals surface area contributed by atoms with E-state index in [4.69, 9.17) is 4.74 Å². The fourth-order valence-electron chi connectivity index (χ4n) is 3.18. The molecule has 1 aromatic carbocycles. The van der Waals surface area contributed by atoms with Crippen LogP contribution in [-0.2, 0) is 0 Å². The predicted octanol–water partition coefficient (Wildman–Crippen LogP) is 2.28. The SMILES string of the molecule is COc1ccc(C(=O)N2CCN(c3nc4sccn4c3[N+](=O)[O-])CC2)cc1. The second-order valence-electron chi connectivity index (χ2n) is 6.08. The van der Waals surface area contributed by atoms with Crippen molar-refractivity contribution in [2.24, 2.45) is 0 Å². The highest BCUT2D eigenvalue weighted by atomic mass is 32.1. The summed E-state index contributed by atoms with van der Waals surface area (Å²) in [5.41, 5.74) is 0.595. The normalized spacial score (nSPS) is 14.6. The third-order valence-corrected chi connectivity index (χ3v) is 5.35. The molecule has 10 heteroatoms. The average Bonchev–Trinajstić information content (AvgIpc) is 3.28. The molecule has 0 spiro atoms. The molecule has 0 atom stereocenters. The molecule has 0 unspecified atom stereocenters. The van der Waals surface area contributed by atoms with Gasteiger partial charge in [-0.15, -0.1) is 0 Å². The molecular formula is C17H17N5O4S. The van der Waals surface area contributed by atoms with Crippen LogP contribution in [0.4, 0.5) is 11.6 Å². The summed E-state index contributed by atoms with van der Waals surface area (Å²) in [6.45, 7) is 1.95. The van der Waals surface area contributed by atoms with Crippen LogP contribution in [0.1, 0.15) is 10.4 Å². The van der Waals surface area contributed by atoms with E-state index < -0.39 is 4.92 Å². The van der Waals surface area contributed by atoms with Crippen LogP contribution in [0.15, 0.2) is 35.8 Å². The van der Waals surface area contributed by atoms with E-state index in [1.165, 1.54) is 15.7 Å². The molecule has 3 heterocycles. The van der Waals surface area contributed by atoms with Gasteiger partial charge in [-0.2, -0.15) is 9.38 Å². The number of ether oxygens (including phenoxy) is 1. The van der Waals surface area contributed by atoms with Gasteiger partial charge in [0.1, 0.15) is 11.9 Å². The number of rotatable bonds is 4. The van der Waals surface area contributed by atoms with Crippen LogP contribution in [-0.4, -0.2) is 58.4 Å². The number of benzene rings is 1. The lowest BCUT2D eigenvalue weighted by atomic mass is 10.1. The highest BCUT2D eigenvalue weighted by Gasteiger charge is 2.31. The first-order valence-electron chi connectivity index (χ1n) is 8.36. The number of piperazine rings is 1. The highest BCUT2D eigenvalue weighted by Crippen LogP contribution is 2.31. The Hall–Kier alpha value is -3.14. The lowest BCUT2D eigenvalue weighted by molar-refractivity contribution is -0.389. The van der Waals surface area contributed by atoms with E-state index in [2.05, 4.69) is 4.98 Å². The first-order chi connectivity index (χ1) is 13.1. The minimum Gasteiger partial charge on any atom is -0.497 e. The van der Waals surface area contributed by atoms with Gasteiger partial charge >= 0.3 is 5.82 Å². The van der Waals surface area contributed by atoms with Gasteiger partial charge in [0.2, 0.25) is 5.82 Å². The van der Waals surface area contributed by atoms with Crippen molar-refractivity contribution in [2.75, 3.05) is 38.2 Å². The van der Waals surface area contributed by atoms with Gasteiger partial charge in [-0.1, -0.05) is 11.3 Å². The van der Waals surface area contributed by atoms with Crippen molar-refractivity contribution in [1.82, 2.24) is 14.3 Å². The molecule has 0 N–H and O–H groups in total. The maximum atomic E-state index is 12.7. The second-order valence-corrected chi connectivity index (χ2v) is 6.95. The molecule has 3 aromatic rings. The van der Waals surface area contributed by atoms with E-state index in [0.717, 1.165) is 0 Å².